The Hall–Kier alpha value is -4.17. The van der Waals surface area contributed by atoms with Gasteiger partial charge in [-0.05, 0) is 48.1 Å². The molecule has 0 heterocycles. The van der Waals surface area contributed by atoms with Crippen molar-refractivity contribution in [2.45, 2.75) is 57.4 Å². The number of rotatable bonds is 11. The van der Waals surface area contributed by atoms with Gasteiger partial charge in [0.1, 0.15) is 12.1 Å². The fourth-order valence-corrected chi connectivity index (χ4v) is 4.74. The van der Waals surface area contributed by atoms with Crippen molar-refractivity contribution in [3.63, 3.8) is 0 Å². The molecule has 0 radical (unpaired) electrons. The zero-order valence-corrected chi connectivity index (χ0v) is 22.3. The van der Waals surface area contributed by atoms with Gasteiger partial charge in [0, 0.05) is 5.92 Å². The first-order chi connectivity index (χ1) is 18.7. The minimum atomic E-state index is -1.39. The molecule has 1 unspecified atom stereocenters. The van der Waals surface area contributed by atoms with E-state index >= 15 is 0 Å². The van der Waals surface area contributed by atoms with E-state index in [0.717, 1.165) is 27.8 Å². The van der Waals surface area contributed by atoms with Gasteiger partial charge >= 0.3 is 12.1 Å². The fraction of sp³-hybridized carbons (Fsp3) is 0.323. The van der Waals surface area contributed by atoms with Crippen LogP contribution in [-0.2, 0) is 25.7 Å². The molecule has 3 atom stereocenters. The molecule has 39 heavy (non-hydrogen) atoms. The standard InChI is InChI=1S/C31H34N2O6/c1-4-31(3,29(36)32-27(28(34)35)20(2)38-18-21-12-6-5-7-13-21)33-30(37)39-19-26-24-16-10-8-14-22(24)23-15-9-11-17-25(23)26/h5-17,20,26-27H,4,18-19H2,1-3H3,(H,32,36)(H,33,37)(H,34,35)/t20-,27+,31?/m0/s1. The van der Waals surface area contributed by atoms with Crippen LogP contribution in [0.15, 0.2) is 78.9 Å². The Kier molecular flexibility index (Phi) is 8.66. The van der Waals surface area contributed by atoms with Crippen molar-refractivity contribution in [1.82, 2.24) is 10.6 Å². The molecule has 0 saturated heterocycles. The highest BCUT2D eigenvalue weighted by atomic mass is 16.5. The first kappa shape index (κ1) is 27.9. The molecule has 0 fully saturated rings. The SMILES string of the molecule is CCC(C)(NC(=O)OCC1c2ccccc2-c2ccccc21)C(=O)N[C@@H](C(=O)O)[C@H](C)OCc1ccccc1. The molecule has 0 aliphatic heterocycles. The zero-order valence-electron chi connectivity index (χ0n) is 22.3. The van der Waals surface area contributed by atoms with Gasteiger partial charge in [-0.25, -0.2) is 9.59 Å². The third kappa shape index (κ3) is 6.29. The van der Waals surface area contributed by atoms with Crippen LogP contribution in [0.2, 0.25) is 0 Å². The molecule has 0 aromatic heterocycles. The van der Waals surface area contributed by atoms with Crippen molar-refractivity contribution < 1.29 is 29.0 Å². The molecule has 1 aliphatic carbocycles. The number of hydrogen-bond acceptors (Lipinski definition) is 5. The Labute approximate surface area is 228 Å². The van der Waals surface area contributed by atoms with Crippen LogP contribution in [0.5, 0.6) is 0 Å². The quantitative estimate of drug-likeness (QED) is 0.326. The Morgan fingerprint density at radius 3 is 2.05 bits per heavy atom. The Balaban J connectivity index is 1.37. The van der Waals surface area contributed by atoms with Gasteiger partial charge in [0.05, 0.1) is 12.7 Å². The van der Waals surface area contributed by atoms with Crippen LogP contribution >= 0.6 is 0 Å². The maximum absolute atomic E-state index is 13.2. The maximum atomic E-state index is 13.2. The second-order valence-electron chi connectivity index (χ2n) is 9.93. The highest BCUT2D eigenvalue weighted by Crippen LogP contribution is 2.44. The molecule has 3 N–H and O–H groups in total. The normalized spacial score (nSPS) is 15.3. The molecule has 0 saturated carbocycles. The predicted molar refractivity (Wildman–Crippen MR) is 147 cm³/mol. The Morgan fingerprint density at radius 2 is 1.49 bits per heavy atom. The second-order valence-corrected chi connectivity index (χ2v) is 9.93. The number of ether oxygens (including phenoxy) is 2. The topological polar surface area (TPSA) is 114 Å². The number of carboxylic acids is 1. The van der Waals surface area contributed by atoms with Gasteiger partial charge in [-0.3, -0.25) is 4.79 Å². The van der Waals surface area contributed by atoms with Crippen LogP contribution in [0.25, 0.3) is 11.1 Å². The fourth-order valence-electron chi connectivity index (χ4n) is 4.74. The molecule has 204 valence electrons. The highest BCUT2D eigenvalue weighted by molar-refractivity contribution is 5.92. The lowest BCUT2D eigenvalue weighted by Crippen LogP contribution is -2.61. The largest absolute Gasteiger partial charge is 0.480 e. The molecule has 2 amide bonds. The number of benzene rings is 3. The molecule has 0 spiro atoms. The molecule has 3 aromatic carbocycles. The summed E-state index contributed by atoms with van der Waals surface area (Å²) >= 11 is 0. The van der Waals surface area contributed by atoms with E-state index in [2.05, 4.69) is 22.8 Å². The third-order valence-corrected chi connectivity index (χ3v) is 7.31. The summed E-state index contributed by atoms with van der Waals surface area (Å²) in [6.07, 6.45) is -1.35. The average Bonchev–Trinajstić information content (AvgIpc) is 3.27. The lowest BCUT2D eigenvalue weighted by atomic mass is 9.96. The first-order valence-corrected chi connectivity index (χ1v) is 13.1. The van der Waals surface area contributed by atoms with Crippen molar-refractivity contribution in [2.75, 3.05) is 6.61 Å². The van der Waals surface area contributed by atoms with E-state index in [9.17, 15) is 19.5 Å². The zero-order chi connectivity index (χ0) is 28.0. The van der Waals surface area contributed by atoms with Crippen molar-refractivity contribution in [3.8, 4) is 11.1 Å². The summed E-state index contributed by atoms with van der Waals surface area (Å²) in [6.45, 7) is 5.16. The number of nitrogens with one attached hydrogen (secondary N) is 2. The summed E-state index contributed by atoms with van der Waals surface area (Å²) in [7, 11) is 0. The number of carbonyl (C=O) groups excluding carboxylic acids is 2. The summed E-state index contributed by atoms with van der Waals surface area (Å²) in [5.41, 5.74) is 3.88. The van der Waals surface area contributed by atoms with Crippen LogP contribution in [-0.4, -0.2) is 47.4 Å². The molecule has 1 aliphatic rings. The number of carboxylic acid groups (broad SMARTS) is 1. The summed E-state index contributed by atoms with van der Waals surface area (Å²) < 4.78 is 11.3. The van der Waals surface area contributed by atoms with Crippen LogP contribution in [0.3, 0.4) is 0 Å². The molecular weight excluding hydrogens is 496 g/mol. The van der Waals surface area contributed by atoms with Gasteiger partial charge < -0.3 is 25.2 Å². The van der Waals surface area contributed by atoms with Gasteiger partial charge in [0.2, 0.25) is 5.91 Å². The number of fused-ring (bicyclic) bond motifs is 3. The highest BCUT2D eigenvalue weighted by Gasteiger charge is 2.38. The number of alkyl carbamates (subject to hydrolysis) is 1. The number of hydrogen-bond donors (Lipinski definition) is 3. The monoisotopic (exact) mass is 530 g/mol. The Morgan fingerprint density at radius 1 is 0.923 bits per heavy atom. The van der Waals surface area contributed by atoms with Crippen molar-refractivity contribution >= 4 is 18.0 Å². The maximum Gasteiger partial charge on any atom is 0.408 e. The van der Waals surface area contributed by atoms with Crippen molar-refractivity contribution in [1.29, 1.82) is 0 Å². The molecule has 4 rings (SSSR count). The minimum absolute atomic E-state index is 0.101. The lowest BCUT2D eigenvalue weighted by Gasteiger charge is -2.31. The lowest BCUT2D eigenvalue weighted by molar-refractivity contribution is -0.147. The number of amides is 2. The van der Waals surface area contributed by atoms with Gasteiger partial charge in [0.25, 0.3) is 0 Å². The average molecular weight is 531 g/mol. The third-order valence-electron chi connectivity index (χ3n) is 7.31. The summed E-state index contributed by atoms with van der Waals surface area (Å²) in [4.78, 5) is 38.0. The van der Waals surface area contributed by atoms with Gasteiger partial charge in [-0.2, -0.15) is 0 Å². The summed E-state index contributed by atoms with van der Waals surface area (Å²) in [5.74, 6) is -1.99. The Bertz CT molecular complexity index is 1280. The van der Waals surface area contributed by atoms with E-state index in [1.807, 2.05) is 66.7 Å². The van der Waals surface area contributed by atoms with Gasteiger partial charge in [0.15, 0.2) is 6.04 Å². The van der Waals surface area contributed by atoms with E-state index in [1.165, 1.54) is 6.92 Å². The van der Waals surface area contributed by atoms with Crippen LogP contribution in [0.1, 0.15) is 49.8 Å². The molecule has 3 aromatic rings. The van der Waals surface area contributed by atoms with E-state index in [0.29, 0.717) is 0 Å². The van der Waals surface area contributed by atoms with E-state index in [-0.39, 0.29) is 25.6 Å². The van der Waals surface area contributed by atoms with Crippen LogP contribution in [0, 0.1) is 0 Å². The first-order valence-electron chi connectivity index (χ1n) is 13.1. The molecular formula is C31H34N2O6. The van der Waals surface area contributed by atoms with Gasteiger partial charge in [-0.1, -0.05) is 85.8 Å². The van der Waals surface area contributed by atoms with Crippen LogP contribution in [0.4, 0.5) is 4.79 Å². The predicted octanol–water partition coefficient (Wildman–Crippen LogP) is 4.87. The number of aliphatic carboxylic acids is 1. The van der Waals surface area contributed by atoms with Crippen LogP contribution < -0.4 is 10.6 Å². The number of carbonyl (C=O) groups is 3. The van der Waals surface area contributed by atoms with Crippen molar-refractivity contribution in [2.24, 2.45) is 0 Å². The second kappa shape index (κ2) is 12.1. The van der Waals surface area contributed by atoms with E-state index < -0.39 is 35.7 Å². The van der Waals surface area contributed by atoms with E-state index in [4.69, 9.17) is 9.47 Å². The summed E-state index contributed by atoms with van der Waals surface area (Å²) in [6, 6.07) is 24.1. The smallest absolute Gasteiger partial charge is 0.408 e. The molecule has 8 heteroatoms. The van der Waals surface area contributed by atoms with E-state index in [1.54, 1.807) is 13.8 Å². The minimum Gasteiger partial charge on any atom is -0.480 e. The summed E-state index contributed by atoms with van der Waals surface area (Å²) in [5, 5.41) is 15.0. The van der Waals surface area contributed by atoms with Gasteiger partial charge in [-0.15, -0.1) is 0 Å². The van der Waals surface area contributed by atoms with Crippen molar-refractivity contribution in [3.05, 3.63) is 95.6 Å². The molecule has 0 bridgehead atoms. The molecule has 8 nitrogen and oxygen atoms in total.